The molecule has 1 aliphatic rings. The standard InChI is InChI=1S/C14H18N4O2/c1-2-17-6-3-4-11(9-17)13-16-15-12-8-10(14(19)20)5-7-18(12)13/h5,7-8,11H,2-4,6,9H2,1H3,(H,19,20). The van der Waals surface area contributed by atoms with Crippen molar-refractivity contribution in [2.45, 2.75) is 25.7 Å². The molecule has 1 fully saturated rings. The number of hydrogen-bond acceptors (Lipinski definition) is 4. The molecule has 0 bridgehead atoms. The minimum absolute atomic E-state index is 0.246. The van der Waals surface area contributed by atoms with Gasteiger partial charge in [-0.2, -0.15) is 0 Å². The summed E-state index contributed by atoms with van der Waals surface area (Å²) in [4.78, 5) is 13.4. The van der Waals surface area contributed by atoms with Crippen LogP contribution in [-0.2, 0) is 0 Å². The maximum absolute atomic E-state index is 11.0. The van der Waals surface area contributed by atoms with E-state index < -0.39 is 5.97 Å². The Morgan fingerprint density at radius 1 is 1.50 bits per heavy atom. The number of piperidine rings is 1. The molecule has 1 unspecified atom stereocenters. The molecule has 6 nitrogen and oxygen atoms in total. The van der Waals surface area contributed by atoms with Gasteiger partial charge in [-0.25, -0.2) is 4.79 Å². The fourth-order valence-electron chi connectivity index (χ4n) is 2.87. The Morgan fingerprint density at radius 3 is 3.10 bits per heavy atom. The summed E-state index contributed by atoms with van der Waals surface area (Å²) in [7, 11) is 0. The summed E-state index contributed by atoms with van der Waals surface area (Å²) < 4.78 is 1.91. The van der Waals surface area contributed by atoms with E-state index in [1.807, 2.05) is 4.40 Å². The number of aromatic carboxylic acids is 1. The predicted molar refractivity (Wildman–Crippen MR) is 74.0 cm³/mol. The normalized spacial score (nSPS) is 20.4. The second-order valence-corrected chi connectivity index (χ2v) is 5.24. The summed E-state index contributed by atoms with van der Waals surface area (Å²) in [5, 5.41) is 17.4. The summed E-state index contributed by atoms with van der Waals surface area (Å²) in [6.07, 6.45) is 4.04. The van der Waals surface area contributed by atoms with Gasteiger partial charge in [0.05, 0.1) is 5.56 Å². The zero-order valence-electron chi connectivity index (χ0n) is 11.5. The molecule has 0 amide bonds. The lowest BCUT2D eigenvalue weighted by molar-refractivity contribution is 0.0697. The van der Waals surface area contributed by atoms with Crippen molar-refractivity contribution in [3.63, 3.8) is 0 Å². The van der Waals surface area contributed by atoms with Crippen molar-refractivity contribution < 1.29 is 9.90 Å². The van der Waals surface area contributed by atoms with Crippen LogP contribution in [0, 0.1) is 0 Å². The summed E-state index contributed by atoms with van der Waals surface area (Å²) >= 11 is 0. The highest BCUT2D eigenvalue weighted by Gasteiger charge is 2.24. The van der Waals surface area contributed by atoms with Gasteiger partial charge in [-0.1, -0.05) is 6.92 Å². The molecule has 0 spiro atoms. The van der Waals surface area contributed by atoms with Crippen LogP contribution in [0.1, 0.15) is 41.9 Å². The van der Waals surface area contributed by atoms with Crippen molar-refractivity contribution in [2.24, 2.45) is 0 Å². The molecule has 20 heavy (non-hydrogen) atoms. The van der Waals surface area contributed by atoms with Gasteiger partial charge in [-0.3, -0.25) is 4.40 Å². The number of carboxylic acids is 1. The zero-order valence-corrected chi connectivity index (χ0v) is 11.5. The van der Waals surface area contributed by atoms with Crippen molar-refractivity contribution >= 4 is 11.6 Å². The van der Waals surface area contributed by atoms with Crippen LogP contribution in [0.4, 0.5) is 0 Å². The number of pyridine rings is 1. The molecule has 3 heterocycles. The van der Waals surface area contributed by atoms with E-state index in [1.54, 1.807) is 18.3 Å². The predicted octanol–water partition coefficient (Wildman–Crippen LogP) is 1.63. The fraction of sp³-hybridized carbons (Fsp3) is 0.500. The van der Waals surface area contributed by atoms with Crippen molar-refractivity contribution in [1.29, 1.82) is 0 Å². The SMILES string of the molecule is CCN1CCCC(c2nnc3cc(C(=O)O)ccn23)C1. The first-order chi connectivity index (χ1) is 9.69. The van der Waals surface area contributed by atoms with E-state index in [9.17, 15) is 4.79 Å². The molecular weight excluding hydrogens is 256 g/mol. The Labute approximate surface area is 117 Å². The van der Waals surface area contributed by atoms with Crippen molar-refractivity contribution in [3.8, 4) is 0 Å². The van der Waals surface area contributed by atoms with Gasteiger partial charge in [0.2, 0.25) is 0 Å². The first-order valence-corrected chi connectivity index (χ1v) is 6.99. The third-order valence-corrected chi connectivity index (χ3v) is 4.00. The van der Waals surface area contributed by atoms with Gasteiger partial charge >= 0.3 is 5.97 Å². The number of hydrogen-bond donors (Lipinski definition) is 1. The zero-order chi connectivity index (χ0) is 14.1. The van der Waals surface area contributed by atoms with Gasteiger partial charge < -0.3 is 10.0 Å². The lowest BCUT2D eigenvalue weighted by Crippen LogP contribution is -2.34. The van der Waals surface area contributed by atoms with Crippen LogP contribution < -0.4 is 0 Å². The summed E-state index contributed by atoms with van der Waals surface area (Å²) in [5.74, 6) is 0.372. The quantitative estimate of drug-likeness (QED) is 0.921. The first kappa shape index (κ1) is 13.1. The summed E-state index contributed by atoms with van der Waals surface area (Å²) in [6.45, 7) is 5.37. The Hall–Kier alpha value is -1.95. The minimum Gasteiger partial charge on any atom is -0.478 e. The summed E-state index contributed by atoms with van der Waals surface area (Å²) in [6, 6.07) is 3.17. The Morgan fingerprint density at radius 2 is 2.35 bits per heavy atom. The second kappa shape index (κ2) is 5.20. The highest BCUT2D eigenvalue weighted by molar-refractivity contribution is 5.88. The average molecular weight is 274 g/mol. The number of likely N-dealkylation sites (tertiary alicyclic amines) is 1. The number of rotatable bonds is 3. The van der Waals surface area contributed by atoms with Crippen LogP contribution in [0.15, 0.2) is 18.3 Å². The van der Waals surface area contributed by atoms with Gasteiger partial charge in [0.1, 0.15) is 5.82 Å². The molecule has 1 saturated heterocycles. The maximum Gasteiger partial charge on any atom is 0.335 e. The molecule has 1 aliphatic heterocycles. The molecule has 0 saturated carbocycles. The van der Waals surface area contributed by atoms with Crippen molar-refractivity contribution in [3.05, 3.63) is 29.7 Å². The van der Waals surface area contributed by atoms with E-state index in [2.05, 4.69) is 22.0 Å². The van der Waals surface area contributed by atoms with E-state index in [0.717, 1.165) is 31.9 Å². The third-order valence-electron chi connectivity index (χ3n) is 4.00. The van der Waals surface area contributed by atoms with Crippen LogP contribution in [0.25, 0.3) is 5.65 Å². The Balaban J connectivity index is 1.94. The molecule has 1 N–H and O–H groups in total. The van der Waals surface area contributed by atoms with E-state index in [4.69, 9.17) is 5.11 Å². The fourth-order valence-corrected chi connectivity index (χ4v) is 2.87. The Bertz CT molecular complexity index is 637. The number of nitrogens with zero attached hydrogens (tertiary/aromatic N) is 4. The van der Waals surface area contributed by atoms with Crippen molar-refractivity contribution in [1.82, 2.24) is 19.5 Å². The first-order valence-electron chi connectivity index (χ1n) is 6.99. The molecule has 2 aromatic rings. The molecule has 1 atom stereocenters. The van der Waals surface area contributed by atoms with Crippen LogP contribution in [-0.4, -0.2) is 50.2 Å². The van der Waals surface area contributed by atoms with Crippen LogP contribution in [0.5, 0.6) is 0 Å². The number of carbonyl (C=O) groups is 1. The van der Waals surface area contributed by atoms with E-state index in [0.29, 0.717) is 11.6 Å². The lowest BCUT2D eigenvalue weighted by atomic mass is 9.97. The number of carboxylic acid groups (broad SMARTS) is 1. The highest BCUT2D eigenvalue weighted by atomic mass is 16.4. The molecule has 0 radical (unpaired) electrons. The van der Waals surface area contributed by atoms with Crippen LogP contribution >= 0.6 is 0 Å². The van der Waals surface area contributed by atoms with Crippen LogP contribution in [0.2, 0.25) is 0 Å². The number of likely N-dealkylation sites (N-methyl/N-ethyl adjacent to an activating group) is 1. The largest absolute Gasteiger partial charge is 0.478 e. The van der Waals surface area contributed by atoms with Gasteiger partial charge in [-0.15, -0.1) is 10.2 Å². The monoisotopic (exact) mass is 274 g/mol. The molecule has 3 rings (SSSR count). The lowest BCUT2D eigenvalue weighted by Gasteiger charge is -2.30. The van der Waals surface area contributed by atoms with E-state index >= 15 is 0 Å². The third kappa shape index (κ3) is 2.27. The van der Waals surface area contributed by atoms with Crippen LogP contribution in [0.3, 0.4) is 0 Å². The van der Waals surface area contributed by atoms with Gasteiger partial charge in [0.25, 0.3) is 0 Å². The molecule has 0 aromatic carbocycles. The maximum atomic E-state index is 11.0. The molecule has 0 aliphatic carbocycles. The smallest absolute Gasteiger partial charge is 0.335 e. The van der Waals surface area contributed by atoms with Gasteiger partial charge in [0.15, 0.2) is 5.65 Å². The van der Waals surface area contributed by atoms with Gasteiger partial charge in [0, 0.05) is 18.7 Å². The highest BCUT2D eigenvalue weighted by Crippen LogP contribution is 2.26. The number of aromatic nitrogens is 3. The minimum atomic E-state index is -0.938. The molecule has 2 aromatic heterocycles. The molecular formula is C14H18N4O2. The summed E-state index contributed by atoms with van der Waals surface area (Å²) in [5.41, 5.74) is 0.851. The van der Waals surface area contributed by atoms with Crippen molar-refractivity contribution in [2.75, 3.05) is 19.6 Å². The Kier molecular flexibility index (Phi) is 3.40. The second-order valence-electron chi connectivity index (χ2n) is 5.24. The van der Waals surface area contributed by atoms with Gasteiger partial charge in [-0.05, 0) is 38.1 Å². The van der Waals surface area contributed by atoms with E-state index in [1.165, 1.54) is 6.42 Å². The average Bonchev–Trinajstić information content (AvgIpc) is 2.90. The number of fused-ring (bicyclic) bond motifs is 1. The molecule has 106 valence electrons. The molecule has 6 heteroatoms. The van der Waals surface area contributed by atoms with E-state index in [-0.39, 0.29) is 5.56 Å². The topological polar surface area (TPSA) is 70.7 Å².